The third kappa shape index (κ3) is 8.10. The van der Waals surface area contributed by atoms with Gasteiger partial charge in [0.2, 0.25) is 0 Å². The smallest absolute Gasteiger partial charge is 0.310 e. The Morgan fingerprint density at radius 3 is 1.70 bits per heavy atom. The molecule has 8 aliphatic rings. The van der Waals surface area contributed by atoms with Crippen molar-refractivity contribution in [2.24, 2.45) is 50.2 Å². The van der Waals surface area contributed by atoms with E-state index in [-0.39, 0.29) is 46.0 Å². The van der Waals surface area contributed by atoms with Gasteiger partial charge in [0.1, 0.15) is 73.2 Å². The highest BCUT2D eigenvalue weighted by molar-refractivity contribution is 5.76. The van der Waals surface area contributed by atoms with E-state index in [1.807, 2.05) is 6.92 Å². The topological polar surface area (TPSA) is 315 Å². The first-order valence-electron chi connectivity index (χ1n) is 24.5. The Balaban J connectivity index is 1.11. The molecular formula is C48H78O19. The number of carboxylic acid groups (broad SMARTS) is 1. The van der Waals surface area contributed by atoms with E-state index in [2.05, 4.69) is 40.7 Å². The highest BCUT2D eigenvalue weighted by Gasteiger charge is 2.70. The number of aliphatic hydroxyl groups is 11. The summed E-state index contributed by atoms with van der Waals surface area (Å²) in [7, 11) is 0. The van der Waals surface area contributed by atoms with Gasteiger partial charge < -0.3 is 89.7 Å². The van der Waals surface area contributed by atoms with Gasteiger partial charge in [0, 0.05) is 5.41 Å². The second kappa shape index (κ2) is 18.5. The van der Waals surface area contributed by atoms with Gasteiger partial charge in [-0.1, -0.05) is 53.2 Å². The number of aliphatic carboxylic acids is 1. The van der Waals surface area contributed by atoms with E-state index < -0.39 is 135 Å². The van der Waals surface area contributed by atoms with Crippen LogP contribution in [0.15, 0.2) is 11.6 Å². The molecule has 24 atom stereocenters. The Bertz CT molecular complexity index is 1810. The summed E-state index contributed by atoms with van der Waals surface area (Å²) in [5.41, 5.74) is -1.13. The van der Waals surface area contributed by atoms with E-state index in [1.54, 1.807) is 0 Å². The van der Waals surface area contributed by atoms with Crippen molar-refractivity contribution in [3.8, 4) is 0 Å². The molecule has 5 aliphatic carbocycles. The molecule has 3 heterocycles. The maximum absolute atomic E-state index is 13.2. The van der Waals surface area contributed by atoms with Gasteiger partial charge in [-0.3, -0.25) is 4.79 Å². The van der Waals surface area contributed by atoms with E-state index in [9.17, 15) is 66.1 Å². The quantitative estimate of drug-likeness (QED) is 0.0933. The molecule has 67 heavy (non-hydrogen) atoms. The van der Waals surface area contributed by atoms with Gasteiger partial charge in [-0.15, -0.1) is 0 Å². The van der Waals surface area contributed by atoms with Crippen molar-refractivity contribution in [2.75, 3.05) is 26.4 Å². The molecule has 4 saturated carbocycles. The number of rotatable bonds is 11. The van der Waals surface area contributed by atoms with Gasteiger partial charge in [0.25, 0.3) is 0 Å². The predicted molar refractivity (Wildman–Crippen MR) is 232 cm³/mol. The fraction of sp³-hybridized carbons (Fsp3) is 0.938. The van der Waals surface area contributed by atoms with E-state index in [4.69, 9.17) is 28.4 Å². The van der Waals surface area contributed by atoms with Crippen LogP contribution in [0.25, 0.3) is 0 Å². The molecule has 0 aromatic rings. The maximum atomic E-state index is 13.2. The summed E-state index contributed by atoms with van der Waals surface area (Å²) in [5.74, 6) is -0.674. The summed E-state index contributed by atoms with van der Waals surface area (Å²) >= 11 is 0. The van der Waals surface area contributed by atoms with E-state index in [1.165, 1.54) is 5.57 Å². The number of allylic oxidation sites excluding steroid dienone is 2. The maximum Gasteiger partial charge on any atom is 0.310 e. The Kier molecular flexibility index (Phi) is 14.4. The van der Waals surface area contributed by atoms with Crippen LogP contribution in [0.2, 0.25) is 0 Å². The molecule has 7 fully saturated rings. The van der Waals surface area contributed by atoms with E-state index >= 15 is 0 Å². The number of ether oxygens (including phenoxy) is 6. The standard InChI is InChI=1S/C48H78O19/c1-43(2)13-15-48(42(60)61)16-14-46(5)22(23(48)17-43)7-8-28-44(3)11-10-29(45(4,21-52)27(44)9-12-47(28,46)6)65-41-38(67-40-36(59)34(57)31(54)25(19-50)63-40)37(32(55)26(20-51)64-41)66-39-35(58)33(56)30(53)24(18-49)62-39/h7,23-41,49-59H,8-21H2,1-6H3,(H,60,61)/t23-,24+,25+,26+,27?,28?,29-,30+,31+,32+,33-,34-,35+,36+,37-,38+,39-,40-,41-,44-,45-,46+,47+,48-/m0/s1. The molecule has 8 rings (SSSR count). The number of hydrogen-bond acceptors (Lipinski definition) is 18. The fourth-order valence-corrected chi connectivity index (χ4v) is 15.1. The second-order valence-electron chi connectivity index (χ2n) is 23.3. The second-order valence-corrected chi connectivity index (χ2v) is 23.3. The van der Waals surface area contributed by atoms with Gasteiger partial charge in [-0.05, 0) is 104 Å². The molecule has 0 radical (unpaired) electrons. The minimum absolute atomic E-state index is 0.0215. The Morgan fingerprint density at radius 2 is 1.15 bits per heavy atom. The fourth-order valence-electron chi connectivity index (χ4n) is 15.1. The Labute approximate surface area is 392 Å². The van der Waals surface area contributed by atoms with Gasteiger partial charge in [-0.2, -0.15) is 0 Å². The van der Waals surface area contributed by atoms with Gasteiger partial charge in [0.05, 0.1) is 37.9 Å². The van der Waals surface area contributed by atoms with Crippen LogP contribution in [0, 0.1) is 50.2 Å². The number of aliphatic hydroxyl groups excluding tert-OH is 11. The molecule has 0 aromatic heterocycles. The highest BCUT2D eigenvalue weighted by Crippen LogP contribution is 2.76. The van der Waals surface area contributed by atoms with Crippen LogP contribution in [0.5, 0.6) is 0 Å². The highest BCUT2D eigenvalue weighted by atomic mass is 16.8. The average molecular weight is 959 g/mol. The first kappa shape index (κ1) is 51.9. The zero-order valence-corrected chi connectivity index (χ0v) is 39.7. The molecule has 19 heteroatoms. The number of hydrogen-bond donors (Lipinski definition) is 12. The first-order valence-corrected chi connectivity index (χ1v) is 24.5. The molecule has 19 nitrogen and oxygen atoms in total. The lowest BCUT2D eigenvalue weighted by molar-refractivity contribution is -0.400. The SMILES string of the molecule is CC1(C)CC[C@]2(C(=O)O)CC[C@]3(C)C(=CCC4[C@@]5(C)CC[C@H](O[C@@H]6O[C@H](CO)[C@@H](O)[C@H](O[C@@H]7O[C@H](CO)[C@@H](O)[C@H](O)[C@H]7O)[C@H]6O[C@@H]6O[C@H](CO)[C@@H](O)[C@H](O)[C@H]6O)[C@@](C)(CO)C5CC[C@]43C)[C@@H]2C1. The summed E-state index contributed by atoms with van der Waals surface area (Å²) in [4.78, 5) is 13.2. The normalized spacial score (nSPS) is 54.2. The molecule has 0 bridgehead atoms. The lowest BCUT2D eigenvalue weighted by atomic mass is 9.33. The Hall–Kier alpha value is -1.47. The molecule has 3 saturated heterocycles. The van der Waals surface area contributed by atoms with Crippen molar-refractivity contribution in [1.29, 1.82) is 0 Å². The summed E-state index contributed by atoms with van der Waals surface area (Å²) in [6.45, 7) is 10.9. The van der Waals surface area contributed by atoms with Crippen LogP contribution in [0.3, 0.4) is 0 Å². The third-order valence-electron chi connectivity index (χ3n) is 19.5. The predicted octanol–water partition coefficient (Wildman–Crippen LogP) is -0.321. The van der Waals surface area contributed by atoms with Gasteiger partial charge in [0.15, 0.2) is 18.9 Å². The van der Waals surface area contributed by atoms with Crippen molar-refractivity contribution in [3.63, 3.8) is 0 Å². The van der Waals surface area contributed by atoms with Crippen LogP contribution in [-0.4, -0.2) is 192 Å². The number of fused-ring (bicyclic) bond motifs is 7. The molecule has 2 unspecified atom stereocenters. The summed E-state index contributed by atoms with van der Waals surface area (Å²) in [6, 6.07) is 0. The van der Waals surface area contributed by atoms with Gasteiger partial charge in [-0.25, -0.2) is 0 Å². The molecule has 12 N–H and O–H groups in total. The summed E-state index contributed by atoms with van der Waals surface area (Å²) < 4.78 is 36.9. The van der Waals surface area contributed by atoms with Crippen molar-refractivity contribution < 1.29 is 94.5 Å². The number of carbonyl (C=O) groups is 1. The zero-order chi connectivity index (χ0) is 49.0. The third-order valence-corrected chi connectivity index (χ3v) is 19.5. The molecule has 384 valence electrons. The van der Waals surface area contributed by atoms with Crippen molar-refractivity contribution in [1.82, 2.24) is 0 Å². The van der Waals surface area contributed by atoms with Crippen LogP contribution < -0.4 is 0 Å². The molecule has 0 aromatic carbocycles. The lowest BCUT2D eigenvalue weighted by Crippen LogP contribution is -2.69. The van der Waals surface area contributed by atoms with E-state index in [0.29, 0.717) is 25.7 Å². The number of carboxylic acids is 1. The molecule has 0 amide bonds. The minimum atomic E-state index is -1.94. The monoisotopic (exact) mass is 959 g/mol. The largest absolute Gasteiger partial charge is 0.481 e. The van der Waals surface area contributed by atoms with Gasteiger partial charge >= 0.3 is 5.97 Å². The molecule has 3 aliphatic heterocycles. The van der Waals surface area contributed by atoms with Crippen LogP contribution in [-0.2, 0) is 33.2 Å². The van der Waals surface area contributed by atoms with Crippen LogP contribution in [0.1, 0.15) is 106 Å². The van der Waals surface area contributed by atoms with Crippen molar-refractivity contribution >= 4 is 5.97 Å². The lowest BCUT2D eigenvalue weighted by Gasteiger charge is -2.71. The average Bonchev–Trinajstić information content (AvgIpc) is 3.29. The Morgan fingerprint density at radius 1 is 0.612 bits per heavy atom. The minimum Gasteiger partial charge on any atom is -0.481 e. The van der Waals surface area contributed by atoms with Crippen LogP contribution >= 0.6 is 0 Å². The van der Waals surface area contributed by atoms with Crippen molar-refractivity contribution in [2.45, 2.75) is 204 Å². The van der Waals surface area contributed by atoms with Crippen molar-refractivity contribution in [3.05, 3.63) is 11.6 Å². The zero-order valence-electron chi connectivity index (χ0n) is 39.7. The molecular weight excluding hydrogens is 881 g/mol. The summed E-state index contributed by atoms with van der Waals surface area (Å²) in [6.07, 6.45) is -17.1. The van der Waals surface area contributed by atoms with E-state index in [0.717, 1.165) is 38.5 Å². The molecule has 0 spiro atoms. The summed E-state index contributed by atoms with van der Waals surface area (Å²) in [5, 5.41) is 129. The van der Waals surface area contributed by atoms with Crippen LogP contribution in [0.4, 0.5) is 0 Å². The first-order chi connectivity index (χ1) is 31.4.